The molecule has 0 atom stereocenters. The van der Waals surface area contributed by atoms with E-state index < -0.39 is 0 Å². The molecule has 0 aliphatic carbocycles. The topological polar surface area (TPSA) is 82.1 Å². The molecule has 106 valence electrons. The van der Waals surface area contributed by atoms with Gasteiger partial charge in [-0.05, 0) is 18.2 Å². The van der Waals surface area contributed by atoms with Crippen LogP contribution in [0.4, 0.5) is 17.3 Å². The van der Waals surface area contributed by atoms with Gasteiger partial charge in [-0.3, -0.25) is 0 Å². The average Bonchev–Trinajstić information content (AvgIpc) is 2.56. The number of nitrogens with two attached hydrogens (primary N) is 1. The molecule has 0 aromatic carbocycles. The molecule has 0 bridgehead atoms. The number of rotatable bonds is 2. The highest BCUT2D eigenvalue weighted by molar-refractivity contribution is 5.59. The fourth-order valence-corrected chi connectivity index (χ4v) is 2.50. The van der Waals surface area contributed by atoms with E-state index in [4.69, 9.17) is 5.73 Å². The maximum absolute atomic E-state index is 9.21. The first-order valence-corrected chi connectivity index (χ1v) is 6.84. The molecular formula is C15H16N6. The lowest BCUT2D eigenvalue weighted by Crippen LogP contribution is -2.47. The lowest BCUT2D eigenvalue weighted by molar-refractivity contribution is 0.641. The van der Waals surface area contributed by atoms with Crippen LogP contribution in [0.1, 0.15) is 5.56 Å². The van der Waals surface area contributed by atoms with E-state index in [9.17, 15) is 5.26 Å². The summed E-state index contributed by atoms with van der Waals surface area (Å²) in [7, 11) is 0. The summed E-state index contributed by atoms with van der Waals surface area (Å²) in [6, 6.07) is 9.76. The van der Waals surface area contributed by atoms with Crippen molar-refractivity contribution in [3.05, 3.63) is 42.2 Å². The second-order valence-corrected chi connectivity index (χ2v) is 4.91. The smallest absolute Gasteiger partial charge is 0.146 e. The summed E-state index contributed by atoms with van der Waals surface area (Å²) in [5.41, 5.74) is 6.73. The molecule has 3 heterocycles. The van der Waals surface area contributed by atoms with E-state index in [0.29, 0.717) is 17.1 Å². The molecule has 6 nitrogen and oxygen atoms in total. The number of hydrogen-bond donors (Lipinski definition) is 1. The highest BCUT2D eigenvalue weighted by Crippen LogP contribution is 2.21. The largest absolute Gasteiger partial charge is 0.397 e. The number of nitrogens with zero attached hydrogens (tertiary/aromatic N) is 5. The van der Waals surface area contributed by atoms with Crippen LogP contribution in [0.3, 0.4) is 0 Å². The van der Waals surface area contributed by atoms with Gasteiger partial charge in [-0.2, -0.15) is 5.26 Å². The molecule has 1 aliphatic heterocycles. The molecule has 1 fully saturated rings. The summed E-state index contributed by atoms with van der Waals surface area (Å²) >= 11 is 0. The Morgan fingerprint density at radius 2 is 1.86 bits per heavy atom. The molecule has 0 unspecified atom stereocenters. The second kappa shape index (κ2) is 5.67. The van der Waals surface area contributed by atoms with Crippen LogP contribution < -0.4 is 15.5 Å². The van der Waals surface area contributed by atoms with Crippen LogP contribution in [0.5, 0.6) is 0 Å². The van der Waals surface area contributed by atoms with Gasteiger partial charge in [0.05, 0.1) is 17.4 Å². The predicted octanol–water partition coefficient (Wildman–Crippen LogP) is 1.26. The number of anilines is 3. The van der Waals surface area contributed by atoms with Gasteiger partial charge in [0, 0.05) is 32.4 Å². The van der Waals surface area contributed by atoms with E-state index in [1.165, 1.54) is 0 Å². The number of nitrogen functional groups attached to an aromatic ring is 1. The van der Waals surface area contributed by atoms with Crippen molar-refractivity contribution in [3.8, 4) is 6.07 Å². The molecule has 2 aromatic rings. The lowest BCUT2D eigenvalue weighted by Gasteiger charge is -2.36. The Labute approximate surface area is 123 Å². The van der Waals surface area contributed by atoms with Gasteiger partial charge in [-0.15, -0.1) is 0 Å². The quantitative estimate of drug-likeness (QED) is 0.891. The molecule has 0 amide bonds. The first-order chi connectivity index (χ1) is 10.3. The number of hydrogen-bond acceptors (Lipinski definition) is 6. The molecule has 0 radical (unpaired) electrons. The van der Waals surface area contributed by atoms with Gasteiger partial charge in [0.2, 0.25) is 0 Å². The van der Waals surface area contributed by atoms with E-state index in [1.54, 1.807) is 18.5 Å². The minimum atomic E-state index is 0.516. The van der Waals surface area contributed by atoms with E-state index in [1.807, 2.05) is 18.2 Å². The molecule has 0 saturated carbocycles. The summed E-state index contributed by atoms with van der Waals surface area (Å²) in [5.74, 6) is 1.70. The highest BCUT2D eigenvalue weighted by atomic mass is 15.3. The molecule has 21 heavy (non-hydrogen) atoms. The van der Waals surface area contributed by atoms with Gasteiger partial charge in [-0.25, -0.2) is 9.97 Å². The summed E-state index contributed by atoms with van der Waals surface area (Å²) in [6.45, 7) is 3.33. The second-order valence-electron chi connectivity index (χ2n) is 4.91. The van der Waals surface area contributed by atoms with Gasteiger partial charge in [0.25, 0.3) is 0 Å². The Morgan fingerprint density at radius 3 is 2.52 bits per heavy atom. The number of pyridine rings is 2. The van der Waals surface area contributed by atoms with Gasteiger partial charge >= 0.3 is 0 Å². The van der Waals surface area contributed by atoms with E-state index in [0.717, 1.165) is 32.0 Å². The van der Waals surface area contributed by atoms with Crippen LogP contribution in [0, 0.1) is 11.3 Å². The Balaban J connectivity index is 1.73. The third-order valence-corrected chi connectivity index (χ3v) is 3.56. The van der Waals surface area contributed by atoms with E-state index in [-0.39, 0.29) is 0 Å². The fraction of sp³-hybridized carbons (Fsp3) is 0.267. The van der Waals surface area contributed by atoms with Gasteiger partial charge in [-0.1, -0.05) is 6.07 Å². The first kappa shape index (κ1) is 13.2. The van der Waals surface area contributed by atoms with Crippen LogP contribution in [0.15, 0.2) is 36.7 Å². The van der Waals surface area contributed by atoms with Crippen molar-refractivity contribution in [1.29, 1.82) is 5.26 Å². The monoisotopic (exact) mass is 280 g/mol. The van der Waals surface area contributed by atoms with E-state index >= 15 is 0 Å². The van der Waals surface area contributed by atoms with Crippen LogP contribution in [0.25, 0.3) is 0 Å². The summed E-state index contributed by atoms with van der Waals surface area (Å²) in [6.07, 6.45) is 3.40. The molecule has 0 spiro atoms. The Hall–Kier alpha value is -2.81. The van der Waals surface area contributed by atoms with Crippen molar-refractivity contribution in [1.82, 2.24) is 9.97 Å². The maximum Gasteiger partial charge on any atom is 0.146 e. The normalized spacial score (nSPS) is 14.8. The summed E-state index contributed by atoms with van der Waals surface area (Å²) in [4.78, 5) is 13.0. The van der Waals surface area contributed by atoms with Crippen LogP contribution in [0.2, 0.25) is 0 Å². The molecule has 3 rings (SSSR count). The highest BCUT2D eigenvalue weighted by Gasteiger charge is 2.21. The van der Waals surface area contributed by atoms with Crippen molar-refractivity contribution in [2.45, 2.75) is 0 Å². The van der Waals surface area contributed by atoms with Crippen molar-refractivity contribution >= 4 is 17.3 Å². The minimum Gasteiger partial charge on any atom is -0.397 e. The standard InChI is InChI=1S/C15H16N6/c16-10-12-9-13(17)11-19-15(12)21-7-5-20(6-8-21)14-3-1-2-4-18-14/h1-4,9,11H,5-8,17H2. The average molecular weight is 280 g/mol. The predicted molar refractivity (Wildman–Crippen MR) is 82.0 cm³/mol. The third kappa shape index (κ3) is 2.72. The molecule has 1 saturated heterocycles. The number of piperazine rings is 1. The summed E-state index contributed by atoms with van der Waals surface area (Å²) < 4.78 is 0. The van der Waals surface area contributed by atoms with Crippen molar-refractivity contribution in [2.24, 2.45) is 0 Å². The number of aromatic nitrogens is 2. The maximum atomic E-state index is 9.21. The SMILES string of the molecule is N#Cc1cc(N)cnc1N1CCN(c2ccccn2)CC1. The Bertz CT molecular complexity index is 656. The van der Waals surface area contributed by atoms with Crippen LogP contribution in [-0.4, -0.2) is 36.1 Å². The molecule has 6 heteroatoms. The Kier molecular flexibility index (Phi) is 3.56. The molecule has 2 N–H and O–H groups in total. The molecule has 1 aliphatic rings. The number of nitriles is 1. The zero-order valence-electron chi connectivity index (χ0n) is 11.6. The fourth-order valence-electron chi connectivity index (χ4n) is 2.50. The third-order valence-electron chi connectivity index (χ3n) is 3.56. The zero-order chi connectivity index (χ0) is 14.7. The first-order valence-electron chi connectivity index (χ1n) is 6.84. The van der Waals surface area contributed by atoms with Gasteiger partial charge in [0.1, 0.15) is 17.7 Å². The molecule has 2 aromatic heterocycles. The zero-order valence-corrected chi connectivity index (χ0v) is 11.6. The van der Waals surface area contributed by atoms with Crippen LogP contribution in [-0.2, 0) is 0 Å². The van der Waals surface area contributed by atoms with Crippen molar-refractivity contribution < 1.29 is 0 Å². The molecular weight excluding hydrogens is 264 g/mol. The van der Waals surface area contributed by atoms with Crippen molar-refractivity contribution in [3.63, 3.8) is 0 Å². The van der Waals surface area contributed by atoms with Crippen molar-refractivity contribution in [2.75, 3.05) is 41.7 Å². The van der Waals surface area contributed by atoms with Crippen LogP contribution >= 0.6 is 0 Å². The van der Waals surface area contributed by atoms with Gasteiger partial charge in [0.15, 0.2) is 0 Å². The Morgan fingerprint density at radius 1 is 1.10 bits per heavy atom. The lowest BCUT2D eigenvalue weighted by atomic mass is 10.2. The van der Waals surface area contributed by atoms with Gasteiger partial charge < -0.3 is 15.5 Å². The summed E-state index contributed by atoms with van der Waals surface area (Å²) in [5, 5.41) is 9.21. The minimum absolute atomic E-state index is 0.516. The van der Waals surface area contributed by atoms with E-state index in [2.05, 4.69) is 25.8 Å².